The molecular formula is C9H9F2NO3. The van der Waals surface area contributed by atoms with E-state index in [0.29, 0.717) is 0 Å². The highest BCUT2D eigenvalue weighted by Crippen LogP contribution is 2.29. The first-order valence-electron chi connectivity index (χ1n) is 4.22. The van der Waals surface area contributed by atoms with Gasteiger partial charge in [-0.2, -0.15) is 4.39 Å². The molecule has 0 spiro atoms. The van der Waals surface area contributed by atoms with Crippen LogP contribution < -0.4 is 4.74 Å². The fraction of sp³-hybridized carbons (Fsp3) is 0.333. The van der Waals surface area contributed by atoms with Crippen LogP contribution in [-0.4, -0.2) is 11.0 Å². The standard InChI is InChI=1S/C9H9F2NO3/c1-5(2)15-9-6(10)3-4-7(8(9)11)12(13)14/h3-5H,1-2H3. The number of nitro benzene ring substituents is 1. The SMILES string of the molecule is CC(C)Oc1c(F)ccc([N+](=O)[O-])c1F. The van der Waals surface area contributed by atoms with Crippen molar-refractivity contribution in [1.29, 1.82) is 0 Å². The average molecular weight is 217 g/mol. The average Bonchev–Trinajstić information content (AvgIpc) is 2.11. The number of rotatable bonds is 3. The molecule has 0 aliphatic heterocycles. The highest BCUT2D eigenvalue weighted by Gasteiger charge is 2.23. The molecule has 0 saturated heterocycles. The van der Waals surface area contributed by atoms with Gasteiger partial charge in [-0.1, -0.05) is 0 Å². The van der Waals surface area contributed by atoms with Crippen LogP contribution in [0.4, 0.5) is 14.5 Å². The van der Waals surface area contributed by atoms with Crippen LogP contribution in [0.25, 0.3) is 0 Å². The molecular weight excluding hydrogens is 208 g/mol. The van der Waals surface area contributed by atoms with E-state index in [1.165, 1.54) is 0 Å². The van der Waals surface area contributed by atoms with E-state index in [2.05, 4.69) is 0 Å². The molecule has 0 amide bonds. The molecule has 82 valence electrons. The van der Waals surface area contributed by atoms with E-state index in [9.17, 15) is 18.9 Å². The van der Waals surface area contributed by atoms with Crippen LogP contribution in [0.3, 0.4) is 0 Å². The lowest BCUT2D eigenvalue weighted by molar-refractivity contribution is -0.387. The monoisotopic (exact) mass is 217 g/mol. The molecule has 0 atom stereocenters. The Morgan fingerprint density at radius 1 is 1.40 bits per heavy atom. The lowest BCUT2D eigenvalue weighted by atomic mass is 10.2. The molecule has 1 aromatic carbocycles. The smallest absolute Gasteiger partial charge is 0.308 e. The zero-order chi connectivity index (χ0) is 11.6. The third-order valence-corrected chi connectivity index (χ3v) is 1.58. The molecule has 0 aromatic heterocycles. The Balaban J connectivity index is 3.24. The van der Waals surface area contributed by atoms with E-state index in [-0.39, 0.29) is 0 Å². The number of halogens is 2. The zero-order valence-electron chi connectivity index (χ0n) is 8.16. The maximum atomic E-state index is 13.3. The second kappa shape index (κ2) is 4.20. The van der Waals surface area contributed by atoms with Crippen molar-refractivity contribution in [2.24, 2.45) is 0 Å². The van der Waals surface area contributed by atoms with Crippen molar-refractivity contribution in [2.75, 3.05) is 0 Å². The van der Waals surface area contributed by atoms with Crippen molar-refractivity contribution in [3.8, 4) is 5.75 Å². The van der Waals surface area contributed by atoms with Gasteiger partial charge in [0.25, 0.3) is 0 Å². The minimum absolute atomic E-state index is 0.462. The van der Waals surface area contributed by atoms with Crippen molar-refractivity contribution in [1.82, 2.24) is 0 Å². The summed E-state index contributed by atoms with van der Waals surface area (Å²) < 4.78 is 31.2. The number of hydrogen-bond acceptors (Lipinski definition) is 3. The summed E-state index contributed by atoms with van der Waals surface area (Å²) in [6, 6.07) is 1.57. The van der Waals surface area contributed by atoms with Crippen molar-refractivity contribution in [3.05, 3.63) is 33.9 Å². The molecule has 0 bridgehead atoms. The van der Waals surface area contributed by atoms with E-state index in [1.807, 2.05) is 0 Å². The van der Waals surface area contributed by atoms with E-state index in [0.717, 1.165) is 12.1 Å². The minimum atomic E-state index is -1.28. The number of nitro groups is 1. The minimum Gasteiger partial charge on any atom is -0.485 e. The number of ether oxygens (including phenoxy) is 1. The molecule has 0 aliphatic carbocycles. The van der Waals surface area contributed by atoms with Crippen molar-refractivity contribution >= 4 is 5.69 Å². The van der Waals surface area contributed by atoms with Crippen molar-refractivity contribution in [3.63, 3.8) is 0 Å². The lowest BCUT2D eigenvalue weighted by Crippen LogP contribution is -2.09. The van der Waals surface area contributed by atoms with Gasteiger partial charge in [0.05, 0.1) is 11.0 Å². The molecule has 0 aliphatic rings. The fourth-order valence-electron chi connectivity index (χ4n) is 1.01. The van der Waals surface area contributed by atoms with Gasteiger partial charge in [0, 0.05) is 6.07 Å². The summed E-state index contributed by atoms with van der Waals surface area (Å²) in [5.41, 5.74) is -0.799. The summed E-state index contributed by atoms with van der Waals surface area (Å²) in [4.78, 5) is 9.43. The quantitative estimate of drug-likeness (QED) is 0.577. The molecule has 0 N–H and O–H groups in total. The zero-order valence-corrected chi connectivity index (χ0v) is 8.16. The predicted octanol–water partition coefficient (Wildman–Crippen LogP) is 2.66. The topological polar surface area (TPSA) is 52.4 Å². The highest BCUT2D eigenvalue weighted by molar-refractivity contribution is 5.41. The van der Waals surface area contributed by atoms with Gasteiger partial charge >= 0.3 is 5.69 Å². The second-order valence-electron chi connectivity index (χ2n) is 3.13. The van der Waals surface area contributed by atoms with Gasteiger partial charge in [-0.15, -0.1) is 0 Å². The van der Waals surface area contributed by atoms with Crippen molar-refractivity contribution in [2.45, 2.75) is 20.0 Å². The molecule has 4 nitrogen and oxygen atoms in total. The van der Waals surface area contributed by atoms with E-state index >= 15 is 0 Å². The van der Waals surface area contributed by atoms with Crippen LogP contribution in [0.1, 0.15) is 13.8 Å². The van der Waals surface area contributed by atoms with Gasteiger partial charge < -0.3 is 4.74 Å². The number of hydrogen-bond donors (Lipinski definition) is 0. The van der Waals surface area contributed by atoms with Gasteiger partial charge in [-0.25, -0.2) is 4.39 Å². The second-order valence-corrected chi connectivity index (χ2v) is 3.13. The maximum Gasteiger partial charge on any atom is 0.308 e. The van der Waals surface area contributed by atoms with Gasteiger partial charge in [-0.3, -0.25) is 10.1 Å². The van der Waals surface area contributed by atoms with E-state index < -0.39 is 34.1 Å². The maximum absolute atomic E-state index is 13.3. The summed E-state index contributed by atoms with van der Waals surface area (Å²) in [5.74, 6) is -2.94. The van der Waals surface area contributed by atoms with Crippen molar-refractivity contribution < 1.29 is 18.4 Å². The molecule has 1 aromatic rings. The molecule has 0 unspecified atom stereocenters. The first-order chi connectivity index (χ1) is 6.93. The van der Waals surface area contributed by atoms with Gasteiger partial charge in [0.1, 0.15) is 0 Å². The lowest BCUT2D eigenvalue weighted by Gasteiger charge is -2.10. The summed E-state index contributed by atoms with van der Waals surface area (Å²) in [6.45, 7) is 3.13. The molecule has 0 radical (unpaired) electrons. The van der Waals surface area contributed by atoms with Crippen LogP contribution in [0, 0.1) is 21.7 Å². The number of nitrogens with zero attached hydrogens (tertiary/aromatic N) is 1. The molecule has 0 saturated carbocycles. The summed E-state index contributed by atoms with van der Waals surface area (Å²) >= 11 is 0. The highest BCUT2D eigenvalue weighted by atomic mass is 19.1. The summed E-state index contributed by atoms with van der Waals surface area (Å²) in [6.07, 6.45) is -0.462. The fourth-order valence-corrected chi connectivity index (χ4v) is 1.01. The van der Waals surface area contributed by atoms with Crippen LogP contribution in [0.5, 0.6) is 5.75 Å². The van der Waals surface area contributed by atoms with Crippen LogP contribution in [-0.2, 0) is 0 Å². The summed E-state index contributed by atoms with van der Waals surface area (Å²) in [7, 11) is 0. The Labute approximate surface area is 84.6 Å². The van der Waals surface area contributed by atoms with Crippen LogP contribution >= 0.6 is 0 Å². The van der Waals surface area contributed by atoms with Gasteiger partial charge in [-0.05, 0) is 19.9 Å². The Morgan fingerprint density at radius 3 is 2.47 bits per heavy atom. The van der Waals surface area contributed by atoms with Gasteiger partial charge in [0.15, 0.2) is 11.6 Å². The molecule has 15 heavy (non-hydrogen) atoms. The third kappa shape index (κ3) is 2.39. The molecule has 0 heterocycles. The van der Waals surface area contributed by atoms with E-state index in [1.54, 1.807) is 13.8 Å². The molecule has 6 heteroatoms. The Kier molecular flexibility index (Phi) is 3.18. The molecule has 1 rings (SSSR count). The predicted molar refractivity (Wildman–Crippen MR) is 48.8 cm³/mol. The molecule has 0 fully saturated rings. The van der Waals surface area contributed by atoms with E-state index in [4.69, 9.17) is 4.74 Å². The Bertz CT molecular complexity index is 393. The van der Waals surface area contributed by atoms with Crippen LogP contribution in [0.2, 0.25) is 0 Å². The summed E-state index contributed by atoms with van der Waals surface area (Å²) in [5, 5.41) is 10.4. The number of benzene rings is 1. The first-order valence-corrected chi connectivity index (χ1v) is 4.22. The van der Waals surface area contributed by atoms with Crippen LogP contribution in [0.15, 0.2) is 12.1 Å². The van der Waals surface area contributed by atoms with Gasteiger partial charge in [0.2, 0.25) is 5.82 Å². The first kappa shape index (κ1) is 11.4. The Hall–Kier alpha value is -1.72. The third-order valence-electron chi connectivity index (χ3n) is 1.58. The normalized spacial score (nSPS) is 10.5. The Morgan fingerprint density at radius 2 is 2.00 bits per heavy atom. The largest absolute Gasteiger partial charge is 0.485 e.